The standard InChI is InChI=1S/C18H20ClN3O3.ClH/c1-21(2)11-10-20-18(25)16(17(24)13-6-4-3-5-7-13)22-12-14(19)8-9-15(22)23;/h3-9,12,16H,10-11H2,1-2H3,(H,20,25);1H. The number of likely N-dealkylation sites (N-methyl/N-ethyl adjacent to an activating group) is 1. The zero-order valence-electron chi connectivity index (χ0n) is 14.5. The fourth-order valence-electron chi connectivity index (χ4n) is 2.31. The molecule has 0 radical (unpaired) electrons. The van der Waals surface area contributed by atoms with Gasteiger partial charge in [-0.3, -0.25) is 19.0 Å². The molecule has 0 spiro atoms. The van der Waals surface area contributed by atoms with Crippen LogP contribution in [0.2, 0.25) is 5.02 Å². The molecule has 2 rings (SSSR count). The lowest BCUT2D eigenvalue weighted by molar-refractivity contribution is -0.123. The second-order valence-corrected chi connectivity index (χ2v) is 6.26. The van der Waals surface area contributed by atoms with Crippen LogP contribution < -0.4 is 10.9 Å². The first kappa shape index (κ1) is 21.9. The van der Waals surface area contributed by atoms with Gasteiger partial charge in [-0.05, 0) is 20.2 Å². The van der Waals surface area contributed by atoms with Gasteiger partial charge in [0.25, 0.3) is 11.5 Å². The minimum absolute atomic E-state index is 0. The number of ketones is 1. The number of nitrogens with one attached hydrogen (secondary N) is 1. The van der Waals surface area contributed by atoms with Crippen LogP contribution in [0.1, 0.15) is 16.4 Å². The molecule has 1 N–H and O–H groups in total. The van der Waals surface area contributed by atoms with Crippen LogP contribution in [0.5, 0.6) is 0 Å². The van der Waals surface area contributed by atoms with Crippen molar-refractivity contribution in [2.24, 2.45) is 0 Å². The molecule has 0 aliphatic heterocycles. The molecular weight excluding hydrogens is 377 g/mol. The highest BCUT2D eigenvalue weighted by Gasteiger charge is 2.30. The molecule has 0 bridgehead atoms. The Morgan fingerprint density at radius 2 is 1.81 bits per heavy atom. The fourth-order valence-corrected chi connectivity index (χ4v) is 2.48. The quantitative estimate of drug-likeness (QED) is 0.572. The van der Waals surface area contributed by atoms with Crippen molar-refractivity contribution < 1.29 is 9.59 Å². The van der Waals surface area contributed by atoms with Gasteiger partial charge in [-0.2, -0.15) is 0 Å². The van der Waals surface area contributed by atoms with Crippen molar-refractivity contribution in [3.63, 3.8) is 0 Å². The molecule has 6 nitrogen and oxygen atoms in total. The summed E-state index contributed by atoms with van der Waals surface area (Å²) in [5.74, 6) is -1.01. The van der Waals surface area contributed by atoms with E-state index in [1.165, 1.54) is 18.3 Å². The summed E-state index contributed by atoms with van der Waals surface area (Å²) in [6.45, 7) is 0.974. The Hall–Kier alpha value is -2.15. The average Bonchev–Trinajstić information content (AvgIpc) is 2.58. The number of carbonyl (C=O) groups is 2. The van der Waals surface area contributed by atoms with E-state index < -0.39 is 23.3 Å². The van der Waals surface area contributed by atoms with Gasteiger partial charge in [0.1, 0.15) is 0 Å². The molecule has 1 heterocycles. The maximum absolute atomic E-state index is 12.9. The zero-order valence-corrected chi connectivity index (χ0v) is 16.1. The van der Waals surface area contributed by atoms with Gasteiger partial charge in [0.15, 0.2) is 11.8 Å². The van der Waals surface area contributed by atoms with E-state index in [2.05, 4.69) is 5.32 Å². The molecule has 0 saturated heterocycles. The van der Waals surface area contributed by atoms with Crippen LogP contribution in [0.15, 0.2) is 53.5 Å². The van der Waals surface area contributed by atoms with Gasteiger partial charge in [-0.15, -0.1) is 12.4 Å². The topological polar surface area (TPSA) is 71.4 Å². The number of pyridine rings is 1. The number of hydrogen-bond donors (Lipinski definition) is 1. The number of hydrogen-bond acceptors (Lipinski definition) is 4. The second kappa shape index (κ2) is 10.1. The number of aromatic nitrogens is 1. The summed E-state index contributed by atoms with van der Waals surface area (Å²) in [5, 5.41) is 2.98. The third kappa shape index (κ3) is 5.69. The van der Waals surface area contributed by atoms with Crippen molar-refractivity contribution in [2.45, 2.75) is 6.04 Å². The van der Waals surface area contributed by atoms with E-state index in [0.717, 1.165) is 4.57 Å². The molecule has 0 aliphatic carbocycles. The Morgan fingerprint density at radius 3 is 2.42 bits per heavy atom. The molecule has 26 heavy (non-hydrogen) atoms. The molecule has 1 atom stereocenters. The summed E-state index contributed by atoms with van der Waals surface area (Å²) in [7, 11) is 3.75. The average molecular weight is 398 g/mol. The summed E-state index contributed by atoms with van der Waals surface area (Å²) < 4.78 is 1.07. The van der Waals surface area contributed by atoms with Crippen LogP contribution in [-0.4, -0.2) is 48.3 Å². The molecule has 0 saturated carbocycles. The van der Waals surface area contributed by atoms with Gasteiger partial charge in [-0.1, -0.05) is 41.9 Å². The lowest BCUT2D eigenvalue weighted by Gasteiger charge is -2.19. The van der Waals surface area contributed by atoms with E-state index in [1.54, 1.807) is 30.3 Å². The molecule has 0 aliphatic rings. The molecule has 1 amide bonds. The fraction of sp³-hybridized carbons (Fsp3) is 0.278. The van der Waals surface area contributed by atoms with Gasteiger partial charge in [0.05, 0.1) is 5.02 Å². The van der Waals surface area contributed by atoms with Crippen molar-refractivity contribution >= 4 is 35.7 Å². The van der Waals surface area contributed by atoms with Crippen molar-refractivity contribution in [2.75, 3.05) is 27.2 Å². The van der Waals surface area contributed by atoms with Gasteiger partial charge < -0.3 is 10.2 Å². The minimum Gasteiger partial charge on any atom is -0.353 e. The van der Waals surface area contributed by atoms with Gasteiger partial charge in [0, 0.05) is 30.9 Å². The first-order valence-corrected chi connectivity index (χ1v) is 8.17. The highest BCUT2D eigenvalue weighted by atomic mass is 35.5. The number of carbonyl (C=O) groups excluding carboxylic acids is 2. The summed E-state index contributed by atoms with van der Waals surface area (Å²) >= 11 is 5.95. The van der Waals surface area contributed by atoms with E-state index in [0.29, 0.717) is 18.7 Å². The summed E-state index contributed by atoms with van der Waals surface area (Å²) in [5.41, 5.74) is -0.122. The van der Waals surface area contributed by atoms with E-state index in [9.17, 15) is 14.4 Å². The van der Waals surface area contributed by atoms with Crippen LogP contribution in [0.25, 0.3) is 0 Å². The summed E-state index contributed by atoms with van der Waals surface area (Å²) in [4.78, 5) is 39.6. The number of rotatable bonds is 7. The molecular formula is C18H21Cl2N3O3. The number of halogens is 2. The van der Waals surface area contributed by atoms with Gasteiger partial charge >= 0.3 is 0 Å². The van der Waals surface area contributed by atoms with Crippen molar-refractivity contribution in [3.8, 4) is 0 Å². The van der Waals surface area contributed by atoms with Crippen molar-refractivity contribution in [1.29, 1.82) is 0 Å². The predicted octanol–water partition coefficient (Wildman–Crippen LogP) is 2.03. The normalized spacial score (nSPS) is 11.5. The molecule has 1 unspecified atom stereocenters. The van der Waals surface area contributed by atoms with Crippen molar-refractivity contribution in [1.82, 2.24) is 14.8 Å². The molecule has 8 heteroatoms. The lowest BCUT2D eigenvalue weighted by atomic mass is 10.0. The van der Waals surface area contributed by atoms with Crippen LogP contribution in [-0.2, 0) is 4.79 Å². The molecule has 1 aromatic heterocycles. The summed E-state index contributed by atoms with van der Waals surface area (Å²) in [6, 6.07) is 9.75. The smallest absolute Gasteiger partial charge is 0.251 e. The number of Topliss-reactive ketones (excluding diaryl/α,β-unsaturated/α-hetero) is 1. The Morgan fingerprint density at radius 1 is 1.15 bits per heavy atom. The van der Waals surface area contributed by atoms with Gasteiger partial charge in [0.2, 0.25) is 0 Å². The molecule has 140 valence electrons. The first-order valence-electron chi connectivity index (χ1n) is 7.79. The van der Waals surface area contributed by atoms with Crippen molar-refractivity contribution in [3.05, 3.63) is 69.6 Å². The zero-order chi connectivity index (χ0) is 18.4. The SMILES string of the molecule is CN(C)CCNC(=O)C(C(=O)c1ccccc1)n1cc(Cl)ccc1=O.Cl. The monoisotopic (exact) mass is 397 g/mol. The lowest BCUT2D eigenvalue weighted by Crippen LogP contribution is -2.43. The first-order chi connectivity index (χ1) is 11.9. The van der Waals surface area contributed by atoms with Crippen LogP contribution in [0, 0.1) is 0 Å². The second-order valence-electron chi connectivity index (χ2n) is 5.82. The minimum atomic E-state index is -1.31. The Kier molecular flexibility index (Phi) is 8.51. The van der Waals surface area contributed by atoms with Crippen LogP contribution >= 0.6 is 24.0 Å². The van der Waals surface area contributed by atoms with Crippen LogP contribution in [0.4, 0.5) is 0 Å². The maximum Gasteiger partial charge on any atom is 0.251 e. The Bertz CT molecular complexity index is 807. The third-order valence-corrected chi connectivity index (χ3v) is 3.82. The van der Waals surface area contributed by atoms with E-state index in [4.69, 9.17) is 11.6 Å². The Balaban J connectivity index is 0.00000338. The third-order valence-electron chi connectivity index (χ3n) is 3.59. The number of benzene rings is 1. The van der Waals surface area contributed by atoms with E-state index in [-0.39, 0.29) is 17.4 Å². The number of amides is 1. The number of nitrogens with zero attached hydrogens (tertiary/aromatic N) is 2. The molecule has 1 aromatic carbocycles. The molecule has 2 aromatic rings. The molecule has 0 fully saturated rings. The van der Waals surface area contributed by atoms with Gasteiger partial charge in [-0.25, -0.2) is 0 Å². The van der Waals surface area contributed by atoms with Crippen LogP contribution in [0.3, 0.4) is 0 Å². The predicted molar refractivity (Wildman–Crippen MR) is 104 cm³/mol. The highest BCUT2D eigenvalue weighted by molar-refractivity contribution is 6.30. The highest BCUT2D eigenvalue weighted by Crippen LogP contribution is 2.16. The largest absolute Gasteiger partial charge is 0.353 e. The maximum atomic E-state index is 12.9. The summed E-state index contributed by atoms with van der Waals surface area (Å²) in [6.07, 6.45) is 1.31. The van der Waals surface area contributed by atoms with E-state index in [1.807, 2.05) is 19.0 Å². The Labute approximate surface area is 163 Å². The van der Waals surface area contributed by atoms with E-state index >= 15 is 0 Å².